The van der Waals surface area contributed by atoms with Gasteiger partial charge in [0.05, 0.1) is 4.92 Å². The number of alkyl halides is 2. The molecule has 0 atom stereocenters. The number of hydrogen-bond acceptors (Lipinski definition) is 5. The van der Waals surface area contributed by atoms with Gasteiger partial charge in [0.15, 0.2) is 0 Å². The van der Waals surface area contributed by atoms with Gasteiger partial charge in [0, 0.05) is 6.20 Å². The Bertz CT molecular complexity index is 430. The quantitative estimate of drug-likeness (QED) is 0.562. The molecule has 8 heteroatoms. The van der Waals surface area contributed by atoms with Gasteiger partial charge in [0.1, 0.15) is 17.8 Å². The summed E-state index contributed by atoms with van der Waals surface area (Å²) in [6.45, 7) is -3.24. The van der Waals surface area contributed by atoms with Crippen molar-refractivity contribution in [3.8, 4) is 11.8 Å². The second-order valence-electron chi connectivity index (χ2n) is 2.28. The van der Waals surface area contributed by atoms with Crippen molar-refractivity contribution in [1.82, 2.24) is 4.98 Å². The van der Waals surface area contributed by atoms with Gasteiger partial charge in [-0.15, -0.1) is 0 Å². The van der Waals surface area contributed by atoms with Crippen molar-refractivity contribution in [3.05, 3.63) is 28.1 Å². The first-order valence-electron chi connectivity index (χ1n) is 3.53. The zero-order valence-electron chi connectivity index (χ0n) is 7.05. The van der Waals surface area contributed by atoms with Gasteiger partial charge in [-0.3, -0.25) is 15.1 Å². The van der Waals surface area contributed by atoms with Crippen molar-refractivity contribution in [2.45, 2.75) is 6.61 Å². The molecule has 0 bridgehead atoms. The summed E-state index contributed by atoms with van der Waals surface area (Å²) in [5.74, 6) is -0.771. The Balaban J connectivity index is 3.28. The van der Waals surface area contributed by atoms with Gasteiger partial charge in [-0.2, -0.15) is 14.0 Å². The molecule has 1 heterocycles. The predicted molar refractivity (Wildman–Crippen MR) is 42.2 cm³/mol. The maximum Gasteiger partial charge on any atom is 0.387 e. The lowest BCUT2D eigenvalue weighted by Gasteiger charge is -2.05. The predicted octanol–water partition coefficient (Wildman–Crippen LogP) is 1.46. The minimum Gasteiger partial charge on any atom is -0.426 e. The van der Waals surface area contributed by atoms with Crippen LogP contribution in [0.1, 0.15) is 5.56 Å². The van der Waals surface area contributed by atoms with E-state index in [4.69, 9.17) is 5.26 Å². The number of pyridine rings is 1. The second-order valence-corrected chi connectivity index (χ2v) is 2.28. The van der Waals surface area contributed by atoms with Gasteiger partial charge < -0.3 is 4.74 Å². The molecule has 1 aromatic heterocycles. The summed E-state index contributed by atoms with van der Waals surface area (Å²) in [5, 5.41) is 18.9. The van der Waals surface area contributed by atoms with E-state index in [0.717, 1.165) is 12.4 Å². The summed E-state index contributed by atoms with van der Waals surface area (Å²) >= 11 is 0. The van der Waals surface area contributed by atoms with Gasteiger partial charge in [-0.05, 0) is 0 Å². The van der Waals surface area contributed by atoms with Gasteiger partial charge in [0.2, 0.25) is 5.75 Å². The second kappa shape index (κ2) is 4.28. The smallest absolute Gasteiger partial charge is 0.387 e. The average Bonchev–Trinajstić information content (AvgIpc) is 2.16. The molecule has 0 fully saturated rings. The minimum absolute atomic E-state index is 0.413. The van der Waals surface area contributed by atoms with Crippen LogP contribution in [0, 0.1) is 21.4 Å². The first-order chi connectivity index (χ1) is 7.06. The lowest BCUT2D eigenvalue weighted by atomic mass is 10.2. The van der Waals surface area contributed by atoms with Crippen LogP contribution in [0.25, 0.3) is 0 Å². The van der Waals surface area contributed by atoms with Crippen LogP contribution in [0.15, 0.2) is 12.4 Å². The molecule has 0 saturated carbocycles. The van der Waals surface area contributed by atoms with Gasteiger partial charge in [-0.1, -0.05) is 0 Å². The number of hydrogen-bond donors (Lipinski definition) is 0. The van der Waals surface area contributed by atoms with Gasteiger partial charge in [-0.25, -0.2) is 0 Å². The third-order valence-corrected chi connectivity index (χ3v) is 1.40. The molecular weight excluding hydrogens is 212 g/mol. The van der Waals surface area contributed by atoms with Crippen LogP contribution in [-0.2, 0) is 0 Å². The van der Waals surface area contributed by atoms with Crippen LogP contribution in [0.3, 0.4) is 0 Å². The van der Waals surface area contributed by atoms with Crippen molar-refractivity contribution in [3.63, 3.8) is 0 Å². The van der Waals surface area contributed by atoms with Crippen molar-refractivity contribution in [1.29, 1.82) is 5.26 Å². The summed E-state index contributed by atoms with van der Waals surface area (Å²) in [5.41, 5.74) is -1.18. The molecule has 0 unspecified atom stereocenters. The molecule has 0 radical (unpaired) electrons. The number of nitrogens with zero attached hydrogens (tertiary/aromatic N) is 3. The normalized spacial score (nSPS) is 9.73. The summed E-state index contributed by atoms with van der Waals surface area (Å²) in [4.78, 5) is 12.8. The Hall–Kier alpha value is -2.30. The fraction of sp³-hybridized carbons (Fsp3) is 0.143. The molecule has 0 N–H and O–H groups in total. The Morgan fingerprint density at radius 2 is 2.27 bits per heavy atom. The van der Waals surface area contributed by atoms with Crippen molar-refractivity contribution in [2.24, 2.45) is 0 Å². The number of nitro groups is 1. The zero-order valence-corrected chi connectivity index (χ0v) is 7.05. The fourth-order valence-corrected chi connectivity index (χ4v) is 0.860. The average molecular weight is 215 g/mol. The molecule has 0 spiro atoms. The molecule has 15 heavy (non-hydrogen) atoms. The summed E-state index contributed by atoms with van der Waals surface area (Å²) in [6.07, 6.45) is 1.64. The fourth-order valence-electron chi connectivity index (χ4n) is 0.860. The first kappa shape index (κ1) is 10.8. The van der Waals surface area contributed by atoms with Gasteiger partial charge in [0.25, 0.3) is 0 Å². The van der Waals surface area contributed by atoms with E-state index in [1.54, 1.807) is 0 Å². The van der Waals surface area contributed by atoms with E-state index in [9.17, 15) is 18.9 Å². The van der Waals surface area contributed by atoms with Crippen LogP contribution in [0.5, 0.6) is 5.75 Å². The summed E-state index contributed by atoms with van der Waals surface area (Å²) < 4.78 is 27.7. The topological polar surface area (TPSA) is 89.0 Å². The Labute approximate surface area is 81.9 Å². The lowest BCUT2D eigenvalue weighted by Crippen LogP contribution is -2.06. The Morgan fingerprint density at radius 3 is 2.73 bits per heavy atom. The minimum atomic E-state index is -3.24. The molecule has 1 rings (SSSR count). The third-order valence-electron chi connectivity index (χ3n) is 1.40. The molecular formula is C7H3F2N3O3. The van der Waals surface area contributed by atoms with E-state index in [-0.39, 0.29) is 0 Å². The summed E-state index contributed by atoms with van der Waals surface area (Å²) in [6, 6.07) is 1.47. The monoisotopic (exact) mass is 215 g/mol. The summed E-state index contributed by atoms with van der Waals surface area (Å²) in [7, 11) is 0. The highest BCUT2D eigenvalue weighted by atomic mass is 19.3. The van der Waals surface area contributed by atoms with Crippen molar-refractivity contribution >= 4 is 5.69 Å². The molecule has 0 saturated heterocycles. The number of aromatic nitrogens is 1. The van der Waals surface area contributed by atoms with Crippen LogP contribution in [0.2, 0.25) is 0 Å². The Kier molecular flexibility index (Phi) is 3.07. The highest BCUT2D eigenvalue weighted by Gasteiger charge is 2.22. The highest BCUT2D eigenvalue weighted by molar-refractivity contribution is 5.54. The van der Waals surface area contributed by atoms with Crippen LogP contribution in [0.4, 0.5) is 14.5 Å². The largest absolute Gasteiger partial charge is 0.426 e. The maximum absolute atomic E-state index is 11.9. The third kappa shape index (κ3) is 2.34. The highest BCUT2D eigenvalue weighted by Crippen LogP contribution is 2.30. The van der Waals surface area contributed by atoms with E-state index in [0.29, 0.717) is 0 Å². The van der Waals surface area contributed by atoms with Crippen molar-refractivity contribution < 1.29 is 18.4 Å². The number of rotatable bonds is 3. The molecule has 1 aromatic rings. The Morgan fingerprint density at radius 1 is 1.60 bits per heavy atom. The zero-order chi connectivity index (χ0) is 11.4. The molecule has 78 valence electrons. The lowest BCUT2D eigenvalue weighted by molar-refractivity contribution is -0.386. The molecule has 6 nitrogen and oxygen atoms in total. The SMILES string of the molecule is N#Cc1cncc([N+](=O)[O-])c1OC(F)F. The van der Waals surface area contributed by atoms with E-state index in [1.807, 2.05) is 0 Å². The molecule has 0 aliphatic rings. The van der Waals surface area contributed by atoms with E-state index in [2.05, 4.69) is 9.72 Å². The molecule has 0 amide bonds. The number of ether oxygens (including phenoxy) is 1. The van der Waals surface area contributed by atoms with E-state index < -0.39 is 28.5 Å². The van der Waals surface area contributed by atoms with Crippen LogP contribution in [-0.4, -0.2) is 16.5 Å². The molecule has 0 aliphatic heterocycles. The number of halogens is 2. The van der Waals surface area contributed by atoms with Gasteiger partial charge >= 0.3 is 12.3 Å². The van der Waals surface area contributed by atoms with Crippen LogP contribution < -0.4 is 4.74 Å². The van der Waals surface area contributed by atoms with Crippen LogP contribution >= 0.6 is 0 Å². The van der Waals surface area contributed by atoms with Crippen molar-refractivity contribution in [2.75, 3.05) is 0 Å². The number of nitriles is 1. The standard InChI is InChI=1S/C7H3F2N3O3/c8-7(9)15-6-4(1-10)2-11-3-5(6)12(13)14/h2-3,7H. The first-order valence-corrected chi connectivity index (χ1v) is 3.53. The molecule has 0 aromatic carbocycles. The van der Waals surface area contributed by atoms with E-state index in [1.165, 1.54) is 6.07 Å². The maximum atomic E-state index is 11.9. The van der Waals surface area contributed by atoms with E-state index >= 15 is 0 Å². The molecule has 0 aliphatic carbocycles.